The second kappa shape index (κ2) is 4.13. The molecule has 0 unspecified atom stereocenters. The van der Waals surface area contributed by atoms with Crippen LogP contribution in [0.4, 0.5) is 5.82 Å². The first-order chi connectivity index (χ1) is 8.66. The Hall–Kier alpha value is -1.82. The number of nitrogens with one attached hydrogen (secondary N) is 1. The molecule has 96 valence electrons. The third-order valence-corrected chi connectivity index (χ3v) is 3.56. The van der Waals surface area contributed by atoms with E-state index in [-0.39, 0.29) is 11.7 Å². The number of hydrogen-bond donors (Lipinski definition) is 2. The van der Waals surface area contributed by atoms with Gasteiger partial charge in [0.25, 0.3) is 0 Å². The number of fused-ring (bicyclic) bond motifs is 1. The van der Waals surface area contributed by atoms with Crippen molar-refractivity contribution in [1.82, 2.24) is 14.5 Å². The molecular weight excluding hydrogens is 230 g/mol. The molecule has 0 aliphatic carbocycles. The van der Waals surface area contributed by atoms with Gasteiger partial charge in [0.2, 0.25) is 0 Å². The lowest BCUT2D eigenvalue weighted by molar-refractivity contribution is 0.502. The molecule has 3 aliphatic heterocycles. The summed E-state index contributed by atoms with van der Waals surface area (Å²) in [5.74, 6) is 1.56. The van der Waals surface area contributed by atoms with Crippen molar-refractivity contribution in [2.24, 2.45) is 12.8 Å². The number of rotatable bonds is 1. The van der Waals surface area contributed by atoms with Gasteiger partial charge in [0.1, 0.15) is 11.6 Å². The molecule has 3 aliphatic rings. The van der Waals surface area contributed by atoms with Crippen LogP contribution in [0.15, 0.2) is 17.1 Å². The van der Waals surface area contributed by atoms with Crippen LogP contribution in [-0.4, -0.2) is 33.7 Å². The lowest BCUT2D eigenvalue weighted by Gasteiger charge is -2.33. The topological polar surface area (TPSA) is 79.9 Å². The van der Waals surface area contributed by atoms with Crippen molar-refractivity contribution in [3.63, 3.8) is 0 Å². The Labute approximate surface area is 105 Å². The highest BCUT2D eigenvalue weighted by molar-refractivity contribution is 5.72. The fraction of sp³-hybridized carbons (Fsp3) is 0.500. The molecule has 0 bridgehead atoms. The maximum atomic E-state index is 11.9. The van der Waals surface area contributed by atoms with Crippen LogP contribution < -0.4 is 16.3 Å². The predicted molar refractivity (Wildman–Crippen MR) is 69.9 cm³/mol. The van der Waals surface area contributed by atoms with Crippen LogP contribution in [0.25, 0.3) is 11.4 Å². The maximum Gasteiger partial charge on any atom is 0.328 e. The van der Waals surface area contributed by atoms with E-state index in [0.717, 1.165) is 37.3 Å². The summed E-state index contributed by atoms with van der Waals surface area (Å²) in [7, 11) is 1.72. The van der Waals surface area contributed by atoms with E-state index in [0.29, 0.717) is 5.82 Å². The van der Waals surface area contributed by atoms with Gasteiger partial charge < -0.3 is 10.6 Å². The molecule has 3 rings (SSSR count). The zero-order valence-electron chi connectivity index (χ0n) is 10.4. The summed E-state index contributed by atoms with van der Waals surface area (Å²) in [5, 5.41) is 0. The van der Waals surface area contributed by atoms with Crippen LogP contribution in [0.1, 0.15) is 12.8 Å². The molecular formula is C12H17N5O. The first-order valence-electron chi connectivity index (χ1n) is 6.21. The van der Waals surface area contributed by atoms with E-state index in [1.165, 1.54) is 4.57 Å². The lowest BCUT2D eigenvalue weighted by Crippen LogP contribution is -2.44. The predicted octanol–water partition coefficient (Wildman–Crippen LogP) is 0.141. The van der Waals surface area contributed by atoms with Crippen LogP contribution in [0.5, 0.6) is 0 Å². The number of hydrogen-bond acceptors (Lipinski definition) is 4. The number of anilines is 1. The van der Waals surface area contributed by atoms with Crippen molar-refractivity contribution >= 4 is 5.82 Å². The number of nitrogens with two attached hydrogens (primary N) is 1. The quantitative estimate of drug-likeness (QED) is 0.751. The summed E-state index contributed by atoms with van der Waals surface area (Å²) >= 11 is 0. The van der Waals surface area contributed by atoms with Gasteiger partial charge in [-0.1, -0.05) is 0 Å². The van der Waals surface area contributed by atoms with Gasteiger partial charge in [-0.3, -0.25) is 9.55 Å². The molecule has 3 heterocycles. The maximum absolute atomic E-state index is 11.9. The monoisotopic (exact) mass is 247 g/mol. The zero-order chi connectivity index (χ0) is 12.7. The Bertz CT molecular complexity index is 587. The zero-order valence-corrected chi connectivity index (χ0v) is 10.4. The highest BCUT2D eigenvalue weighted by Gasteiger charge is 2.23. The number of aromatic nitrogens is 3. The van der Waals surface area contributed by atoms with Gasteiger partial charge in [-0.05, 0) is 18.9 Å². The minimum Gasteiger partial charge on any atom is -0.356 e. The van der Waals surface area contributed by atoms with Gasteiger partial charge in [-0.2, -0.15) is 0 Å². The molecule has 0 radical (unpaired) electrons. The fourth-order valence-electron chi connectivity index (χ4n) is 2.59. The third-order valence-electron chi connectivity index (χ3n) is 3.56. The van der Waals surface area contributed by atoms with Crippen LogP contribution in [-0.2, 0) is 7.05 Å². The van der Waals surface area contributed by atoms with E-state index in [1.54, 1.807) is 13.2 Å². The molecule has 1 fully saturated rings. The van der Waals surface area contributed by atoms with Crippen molar-refractivity contribution in [1.29, 1.82) is 0 Å². The Kier molecular flexibility index (Phi) is 2.59. The van der Waals surface area contributed by atoms with Gasteiger partial charge in [0.05, 0.1) is 5.56 Å². The first-order valence-corrected chi connectivity index (χ1v) is 6.21. The van der Waals surface area contributed by atoms with E-state index in [9.17, 15) is 4.79 Å². The van der Waals surface area contributed by atoms with Crippen molar-refractivity contribution in [3.05, 3.63) is 22.7 Å². The molecule has 0 aromatic rings. The molecule has 0 aromatic carbocycles. The highest BCUT2D eigenvalue weighted by atomic mass is 16.1. The SMILES string of the molecule is Cn1c2nccc-2c(N2CCC[C@@H](N)C2)[nH]c1=O. The Morgan fingerprint density at radius 1 is 1.56 bits per heavy atom. The Balaban J connectivity index is 2.09. The van der Waals surface area contributed by atoms with Crippen LogP contribution in [0.3, 0.4) is 0 Å². The summed E-state index contributed by atoms with van der Waals surface area (Å²) in [5.41, 5.74) is 6.83. The molecule has 0 amide bonds. The summed E-state index contributed by atoms with van der Waals surface area (Å²) in [4.78, 5) is 21.2. The van der Waals surface area contributed by atoms with Crippen LogP contribution in [0.2, 0.25) is 0 Å². The molecule has 3 N–H and O–H groups in total. The standard InChI is InChI=1S/C12H17N5O/c1-16-10-9(4-5-14-10)11(15-12(16)18)17-6-2-3-8(13)7-17/h4-5,8H,2-3,6-7,13H2,1H3,(H,15,18)/t8-/m1/s1. The minimum absolute atomic E-state index is 0.143. The summed E-state index contributed by atoms with van der Waals surface area (Å²) < 4.78 is 1.53. The smallest absolute Gasteiger partial charge is 0.328 e. The number of piperidine rings is 1. The highest BCUT2D eigenvalue weighted by Crippen LogP contribution is 2.29. The van der Waals surface area contributed by atoms with Crippen molar-refractivity contribution in [2.45, 2.75) is 18.9 Å². The van der Waals surface area contributed by atoms with E-state index < -0.39 is 0 Å². The average Bonchev–Trinajstić information content (AvgIpc) is 2.83. The van der Waals surface area contributed by atoms with E-state index in [2.05, 4.69) is 14.9 Å². The normalized spacial score (nSPS) is 20.6. The fourth-order valence-corrected chi connectivity index (χ4v) is 2.59. The van der Waals surface area contributed by atoms with Gasteiger partial charge in [0, 0.05) is 32.4 Å². The van der Waals surface area contributed by atoms with Gasteiger partial charge in [0.15, 0.2) is 0 Å². The van der Waals surface area contributed by atoms with Gasteiger partial charge >= 0.3 is 5.69 Å². The van der Waals surface area contributed by atoms with Crippen LogP contribution in [0, 0.1) is 0 Å². The largest absolute Gasteiger partial charge is 0.356 e. The van der Waals surface area contributed by atoms with Crippen LogP contribution >= 0.6 is 0 Å². The number of nitrogens with zero attached hydrogens (tertiary/aromatic N) is 3. The first kappa shape index (κ1) is 11.3. The second-order valence-corrected chi connectivity index (χ2v) is 4.87. The molecule has 18 heavy (non-hydrogen) atoms. The molecule has 0 aromatic heterocycles. The summed E-state index contributed by atoms with van der Waals surface area (Å²) in [6.07, 6.45) is 3.83. The average molecular weight is 247 g/mol. The van der Waals surface area contributed by atoms with E-state index in [1.807, 2.05) is 6.07 Å². The minimum atomic E-state index is -0.143. The molecule has 6 heteroatoms. The Morgan fingerprint density at radius 3 is 3.17 bits per heavy atom. The Morgan fingerprint density at radius 2 is 2.39 bits per heavy atom. The molecule has 1 atom stereocenters. The summed E-state index contributed by atoms with van der Waals surface area (Å²) in [6.45, 7) is 1.71. The van der Waals surface area contributed by atoms with Crippen molar-refractivity contribution < 1.29 is 0 Å². The number of H-pyrrole nitrogens is 1. The molecule has 0 saturated carbocycles. The van der Waals surface area contributed by atoms with Gasteiger partial charge in [-0.15, -0.1) is 0 Å². The molecule has 0 spiro atoms. The third kappa shape index (κ3) is 1.69. The van der Waals surface area contributed by atoms with Crippen molar-refractivity contribution in [3.8, 4) is 11.4 Å². The van der Waals surface area contributed by atoms with E-state index >= 15 is 0 Å². The van der Waals surface area contributed by atoms with Crippen molar-refractivity contribution in [2.75, 3.05) is 18.0 Å². The second-order valence-electron chi connectivity index (χ2n) is 4.87. The lowest BCUT2D eigenvalue weighted by atomic mass is 10.1. The molecule has 1 saturated heterocycles. The number of aromatic amines is 1. The summed E-state index contributed by atoms with van der Waals surface area (Å²) in [6, 6.07) is 2.11. The van der Waals surface area contributed by atoms with Gasteiger partial charge in [-0.25, -0.2) is 9.78 Å². The van der Waals surface area contributed by atoms with E-state index in [4.69, 9.17) is 5.73 Å². The molecule has 6 nitrogen and oxygen atoms in total.